The minimum Gasteiger partial charge on any atom is -0.491 e. The number of piperidine rings is 1. The lowest BCUT2D eigenvalue weighted by Gasteiger charge is -2.35. The summed E-state index contributed by atoms with van der Waals surface area (Å²) in [5, 5.41) is 0. The Balaban J connectivity index is 0.00000220. The quantitative estimate of drug-likeness (QED) is 0.872. The summed E-state index contributed by atoms with van der Waals surface area (Å²) in [5.41, 5.74) is 7.10. The third kappa shape index (κ3) is 5.85. The van der Waals surface area contributed by atoms with Gasteiger partial charge in [-0.1, -0.05) is 18.6 Å². The van der Waals surface area contributed by atoms with Crippen LogP contribution in [-0.2, 0) is 6.54 Å². The lowest BCUT2D eigenvalue weighted by molar-refractivity contribution is 0.134. The Labute approximate surface area is 135 Å². The maximum Gasteiger partial charge on any atom is 0.119 e. The molecule has 21 heavy (non-hydrogen) atoms. The van der Waals surface area contributed by atoms with E-state index in [1.807, 2.05) is 0 Å². The number of hydrogen-bond acceptors (Lipinski definition) is 3. The van der Waals surface area contributed by atoms with Gasteiger partial charge in [-0.25, -0.2) is 0 Å². The summed E-state index contributed by atoms with van der Waals surface area (Å²) in [5.74, 6) is 0.959. The molecular weight excluding hydrogens is 284 g/mol. The SMILES string of the molecule is CC(C)Oc1ccc(CN2CCCCC2CCN)cc1.Cl. The molecule has 0 saturated carbocycles. The zero-order chi connectivity index (χ0) is 14.4. The predicted octanol–water partition coefficient (Wildman–Crippen LogP) is 3.60. The second kappa shape index (κ2) is 9.29. The van der Waals surface area contributed by atoms with Crippen LogP contribution in [0.5, 0.6) is 5.75 Å². The fraction of sp³-hybridized carbons (Fsp3) is 0.647. The first-order valence-electron chi connectivity index (χ1n) is 7.88. The minimum absolute atomic E-state index is 0. The van der Waals surface area contributed by atoms with Gasteiger partial charge in [-0.3, -0.25) is 4.90 Å². The number of ether oxygens (including phenoxy) is 1. The zero-order valence-electron chi connectivity index (χ0n) is 13.3. The number of rotatable bonds is 6. The van der Waals surface area contributed by atoms with Crippen LogP contribution in [0.1, 0.15) is 45.1 Å². The number of likely N-dealkylation sites (tertiary alicyclic amines) is 1. The predicted molar refractivity (Wildman–Crippen MR) is 91.2 cm³/mol. The molecule has 1 unspecified atom stereocenters. The molecule has 1 fully saturated rings. The smallest absolute Gasteiger partial charge is 0.119 e. The summed E-state index contributed by atoms with van der Waals surface area (Å²) in [4.78, 5) is 2.59. The summed E-state index contributed by atoms with van der Waals surface area (Å²) in [6.45, 7) is 7.14. The zero-order valence-corrected chi connectivity index (χ0v) is 14.1. The van der Waals surface area contributed by atoms with E-state index in [4.69, 9.17) is 10.5 Å². The molecule has 0 amide bonds. The largest absolute Gasteiger partial charge is 0.491 e. The summed E-state index contributed by atoms with van der Waals surface area (Å²) in [6, 6.07) is 9.20. The molecule has 0 radical (unpaired) electrons. The standard InChI is InChI=1S/C17H28N2O.ClH/c1-14(2)20-17-8-6-15(7-9-17)13-19-12-4-3-5-16(19)10-11-18;/h6-9,14,16H,3-5,10-13,18H2,1-2H3;1H. The van der Waals surface area contributed by atoms with Crippen LogP contribution in [0, 0.1) is 0 Å². The minimum atomic E-state index is 0. The molecule has 0 aliphatic carbocycles. The molecule has 0 spiro atoms. The molecule has 120 valence electrons. The van der Waals surface area contributed by atoms with Crippen LogP contribution in [0.3, 0.4) is 0 Å². The van der Waals surface area contributed by atoms with Crippen molar-refractivity contribution in [2.24, 2.45) is 5.73 Å². The molecule has 2 N–H and O–H groups in total. The molecule has 1 aliphatic heterocycles. The van der Waals surface area contributed by atoms with Crippen LogP contribution >= 0.6 is 12.4 Å². The third-order valence-corrected chi connectivity index (χ3v) is 3.93. The van der Waals surface area contributed by atoms with Crippen molar-refractivity contribution in [1.29, 1.82) is 0 Å². The van der Waals surface area contributed by atoms with Gasteiger partial charge >= 0.3 is 0 Å². The molecule has 1 saturated heterocycles. The molecule has 3 nitrogen and oxygen atoms in total. The summed E-state index contributed by atoms with van der Waals surface area (Å²) < 4.78 is 5.69. The van der Waals surface area contributed by atoms with Gasteiger partial charge in [0.15, 0.2) is 0 Å². The van der Waals surface area contributed by atoms with Crippen molar-refractivity contribution in [1.82, 2.24) is 4.90 Å². The van der Waals surface area contributed by atoms with Gasteiger partial charge in [0.25, 0.3) is 0 Å². The molecule has 2 rings (SSSR count). The molecule has 1 aromatic carbocycles. The Morgan fingerprint density at radius 1 is 1.24 bits per heavy atom. The van der Waals surface area contributed by atoms with Crippen molar-refractivity contribution < 1.29 is 4.74 Å². The molecule has 1 aliphatic rings. The van der Waals surface area contributed by atoms with Crippen molar-refractivity contribution in [3.8, 4) is 5.75 Å². The van der Waals surface area contributed by atoms with E-state index in [9.17, 15) is 0 Å². The van der Waals surface area contributed by atoms with Crippen LogP contribution in [0.25, 0.3) is 0 Å². The lowest BCUT2D eigenvalue weighted by atomic mass is 9.98. The van der Waals surface area contributed by atoms with Crippen molar-refractivity contribution >= 4 is 12.4 Å². The van der Waals surface area contributed by atoms with E-state index in [2.05, 4.69) is 43.0 Å². The fourth-order valence-corrected chi connectivity index (χ4v) is 2.97. The number of nitrogens with zero attached hydrogens (tertiary/aromatic N) is 1. The topological polar surface area (TPSA) is 38.5 Å². The highest BCUT2D eigenvalue weighted by Crippen LogP contribution is 2.22. The van der Waals surface area contributed by atoms with Crippen molar-refractivity contribution in [2.45, 2.75) is 58.2 Å². The highest BCUT2D eigenvalue weighted by molar-refractivity contribution is 5.85. The van der Waals surface area contributed by atoms with Gasteiger partial charge in [0.05, 0.1) is 6.10 Å². The van der Waals surface area contributed by atoms with Gasteiger partial charge in [0.2, 0.25) is 0 Å². The highest BCUT2D eigenvalue weighted by atomic mass is 35.5. The Kier molecular flexibility index (Phi) is 8.09. The average molecular weight is 313 g/mol. The molecule has 1 heterocycles. The van der Waals surface area contributed by atoms with E-state index in [-0.39, 0.29) is 18.5 Å². The highest BCUT2D eigenvalue weighted by Gasteiger charge is 2.21. The van der Waals surface area contributed by atoms with Crippen LogP contribution in [0.4, 0.5) is 0 Å². The van der Waals surface area contributed by atoms with Gasteiger partial charge < -0.3 is 10.5 Å². The number of halogens is 1. The Hall–Kier alpha value is -0.770. The molecule has 4 heteroatoms. The molecule has 1 atom stereocenters. The summed E-state index contributed by atoms with van der Waals surface area (Å²) >= 11 is 0. The van der Waals surface area contributed by atoms with Crippen LogP contribution in [0.15, 0.2) is 24.3 Å². The van der Waals surface area contributed by atoms with Crippen LogP contribution in [0.2, 0.25) is 0 Å². The Morgan fingerprint density at radius 3 is 2.57 bits per heavy atom. The van der Waals surface area contributed by atoms with Gasteiger partial charge in [0, 0.05) is 12.6 Å². The summed E-state index contributed by atoms with van der Waals surface area (Å²) in [6.07, 6.45) is 5.31. The van der Waals surface area contributed by atoms with Crippen molar-refractivity contribution in [3.63, 3.8) is 0 Å². The maximum absolute atomic E-state index is 5.74. The second-order valence-electron chi connectivity index (χ2n) is 6.01. The second-order valence-corrected chi connectivity index (χ2v) is 6.01. The molecule has 1 aromatic rings. The number of nitrogens with two attached hydrogens (primary N) is 1. The van der Waals surface area contributed by atoms with Gasteiger partial charge in [0.1, 0.15) is 5.75 Å². The van der Waals surface area contributed by atoms with Gasteiger partial charge in [-0.15, -0.1) is 12.4 Å². The van der Waals surface area contributed by atoms with Crippen molar-refractivity contribution in [2.75, 3.05) is 13.1 Å². The Bertz CT molecular complexity index is 392. The van der Waals surface area contributed by atoms with Gasteiger partial charge in [-0.2, -0.15) is 0 Å². The van der Waals surface area contributed by atoms with Gasteiger partial charge in [-0.05, 0) is 63.9 Å². The maximum atomic E-state index is 5.74. The van der Waals surface area contributed by atoms with Crippen LogP contribution in [-0.4, -0.2) is 30.1 Å². The average Bonchev–Trinajstić information content (AvgIpc) is 2.43. The van der Waals surface area contributed by atoms with E-state index in [1.165, 1.54) is 31.4 Å². The van der Waals surface area contributed by atoms with E-state index in [1.54, 1.807) is 0 Å². The molecule has 0 aromatic heterocycles. The van der Waals surface area contributed by atoms with E-state index in [0.29, 0.717) is 6.04 Å². The number of hydrogen-bond donors (Lipinski definition) is 1. The molecule has 0 bridgehead atoms. The number of benzene rings is 1. The first-order valence-corrected chi connectivity index (χ1v) is 7.88. The summed E-state index contributed by atoms with van der Waals surface area (Å²) in [7, 11) is 0. The monoisotopic (exact) mass is 312 g/mol. The van der Waals surface area contributed by atoms with Crippen LogP contribution < -0.4 is 10.5 Å². The lowest BCUT2D eigenvalue weighted by Crippen LogP contribution is -2.40. The molecular formula is C17H29ClN2O. The van der Waals surface area contributed by atoms with E-state index in [0.717, 1.165) is 25.3 Å². The fourth-order valence-electron chi connectivity index (χ4n) is 2.97. The van der Waals surface area contributed by atoms with Crippen molar-refractivity contribution in [3.05, 3.63) is 29.8 Å². The van der Waals surface area contributed by atoms with E-state index >= 15 is 0 Å². The third-order valence-electron chi connectivity index (χ3n) is 3.93. The van der Waals surface area contributed by atoms with E-state index < -0.39 is 0 Å². The normalized spacial score (nSPS) is 19.3. The first kappa shape index (κ1) is 18.3. The first-order chi connectivity index (χ1) is 9.69. The Morgan fingerprint density at radius 2 is 1.95 bits per heavy atom.